The first kappa shape index (κ1) is 21.0. The van der Waals surface area contributed by atoms with Gasteiger partial charge in [-0.2, -0.15) is 0 Å². The van der Waals surface area contributed by atoms with Gasteiger partial charge in [0.1, 0.15) is 12.2 Å². The van der Waals surface area contributed by atoms with Crippen molar-refractivity contribution in [3.05, 3.63) is 35.9 Å². The van der Waals surface area contributed by atoms with E-state index in [-0.39, 0.29) is 13.2 Å². The van der Waals surface area contributed by atoms with Gasteiger partial charge in [0.25, 0.3) is 0 Å². The first-order valence-corrected chi connectivity index (χ1v) is 8.30. The maximum atomic E-state index is 12.3. The number of carbonyl (C=O) groups excluding carboxylic acids is 2. The van der Waals surface area contributed by atoms with Gasteiger partial charge >= 0.3 is 12.1 Å². The summed E-state index contributed by atoms with van der Waals surface area (Å²) in [5, 5.41) is 2.52. The lowest BCUT2D eigenvalue weighted by Gasteiger charge is -2.27. The van der Waals surface area contributed by atoms with Crippen LogP contribution in [0, 0.1) is 0 Å². The van der Waals surface area contributed by atoms with Crippen LogP contribution >= 0.6 is 0 Å². The van der Waals surface area contributed by atoms with Gasteiger partial charge in [-0.1, -0.05) is 30.3 Å². The van der Waals surface area contributed by atoms with E-state index in [4.69, 9.17) is 14.2 Å². The monoisotopic (exact) mass is 351 g/mol. The van der Waals surface area contributed by atoms with Crippen LogP contribution in [0.25, 0.3) is 0 Å². The van der Waals surface area contributed by atoms with Crippen molar-refractivity contribution in [3.8, 4) is 0 Å². The Labute approximate surface area is 149 Å². The Morgan fingerprint density at radius 1 is 1.00 bits per heavy atom. The second-order valence-electron chi connectivity index (χ2n) is 7.72. The number of esters is 1. The third kappa shape index (κ3) is 9.72. The highest BCUT2D eigenvalue weighted by atomic mass is 16.6. The number of ether oxygens (including phenoxy) is 3. The molecule has 0 saturated heterocycles. The van der Waals surface area contributed by atoms with Gasteiger partial charge in [0.2, 0.25) is 0 Å². The van der Waals surface area contributed by atoms with E-state index in [1.165, 1.54) is 0 Å². The van der Waals surface area contributed by atoms with Gasteiger partial charge in [-0.3, -0.25) is 0 Å². The molecular formula is C19H29NO5. The summed E-state index contributed by atoms with van der Waals surface area (Å²) in [6, 6.07) is 8.35. The van der Waals surface area contributed by atoms with Crippen LogP contribution in [0.3, 0.4) is 0 Å². The fourth-order valence-corrected chi connectivity index (χ4v) is 1.78. The summed E-state index contributed by atoms with van der Waals surface area (Å²) in [6.45, 7) is 11.0. The summed E-state index contributed by atoms with van der Waals surface area (Å²) >= 11 is 0. The van der Waals surface area contributed by atoms with Crippen molar-refractivity contribution in [1.82, 2.24) is 5.32 Å². The van der Waals surface area contributed by atoms with Gasteiger partial charge in [0, 0.05) is 0 Å². The van der Waals surface area contributed by atoms with Crippen LogP contribution in [0.1, 0.15) is 47.1 Å². The molecule has 140 valence electrons. The smallest absolute Gasteiger partial charge is 0.408 e. The molecular weight excluding hydrogens is 322 g/mol. The van der Waals surface area contributed by atoms with Gasteiger partial charge in [0.05, 0.1) is 12.2 Å². The van der Waals surface area contributed by atoms with Gasteiger partial charge in [-0.05, 0) is 47.1 Å². The molecule has 1 rings (SSSR count). The van der Waals surface area contributed by atoms with Crippen LogP contribution < -0.4 is 5.32 Å². The zero-order chi connectivity index (χ0) is 19.1. The third-order valence-electron chi connectivity index (χ3n) is 2.88. The second kappa shape index (κ2) is 8.85. The summed E-state index contributed by atoms with van der Waals surface area (Å²) in [4.78, 5) is 24.3. The SMILES string of the molecule is CC(C)(C)OC[C@H](NC(=O)OCc1ccccc1)C(=O)OC(C)(C)C. The summed E-state index contributed by atoms with van der Waals surface area (Å²) in [5.74, 6) is -0.562. The summed E-state index contributed by atoms with van der Waals surface area (Å²) in [7, 11) is 0. The molecule has 0 aliphatic carbocycles. The average Bonchev–Trinajstić information content (AvgIpc) is 2.47. The maximum Gasteiger partial charge on any atom is 0.408 e. The molecule has 6 heteroatoms. The van der Waals surface area contributed by atoms with E-state index in [2.05, 4.69) is 5.32 Å². The number of rotatable bonds is 6. The first-order chi connectivity index (χ1) is 11.5. The van der Waals surface area contributed by atoms with E-state index in [0.29, 0.717) is 0 Å². The van der Waals surface area contributed by atoms with Crippen molar-refractivity contribution in [2.75, 3.05) is 6.61 Å². The van der Waals surface area contributed by atoms with Crippen LogP contribution in [0.15, 0.2) is 30.3 Å². The molecule has 0 spiro atoms. The van der Waals surface area contributed by atoms with E-state index in [1.807, 2.05) is 51.1 Å². The largest absolute Gasteiger partial charge is 0.458 e. The lowest BCUT2D eigenvalue weighted by Crippen LogP contribution is -2.48. The minimum Gasteiger partial charge on any atom is -0.458 e. The Hall–Kier alpha value is -2.08. The molecule has 25 heavy (non-hydrogen) atoms. The van der Waals surface area contributed by atoms with Crippen molar-refractivity contribution in [2.24, 2.45) is 0 Å². The highest BCUT2D eigenvalue weighted by Gasteiger charge is 2.29. The fraction of sp³-hybridized carbons (Fsp3) is 0.579. The predicted molar refractivity (Wildman–Crippen MR) is 95.1 cm³/mol. The standard InChI is InChI=1S/C19H29NO5/c1-18(2,3)24-13-15(16(21)25-19(4,5)6)20-17(22)23-12-14-10-8-7-9-11-14/h7-11,15H,12-13H2,1-6H3,(H,20,22)/t15-/m0/s1. The minimum absolute atomic E-state index is 0.00114. The molecule has 0 aliphatic rings. The van der Waals surface area contributed by atoms with Crippen LogP contribution in [-0.4, -0.2) is 35.9 Å². The fourth-order valence-electron chi connectivity index (χ4n) is 1.78. The minimum atomic E-state index is -0.943. The van der Waals surface area contributed by atoms with E-state index in [9.17, 15) is 9.59 Å². The number of amides is 1. The maximum absolute atomic E-state index is 12.3. The molecule has 0 unspecified atom stereocenters. The van der Waals surface area contributed by atoms with E-state index in [0.717, 1.165) is 5.56 Å². The molecule has 0 heterocycles. The first-order valence-electron chi connectivity index (χ1n) is 8.30. The van der Waals surface area contributed by atoms with Crippen molar-refractivity contribution in [1.29, 1.82) is 0 Å². The number of carbonyl (C=O) groups is 2. The quantitative estimate of drug-likeness (QED) is 0.795. The molecule has 0 aliphatic heterocycles. The lowest BCUT2D eigenvalue weighted by molar-refractivity contribution is -0.160. The molecule has 6 nitrogen and oxygen atoms in total. The number of hydrogen-bond donors (Lipinski definition) is 1. The van der Waals surface area contributed by atoms with Crippen molar-refractivity contribution < 1.29 is 23.8 Å². The van der Waals surface area contributed by atoms with Crippen LogP contribution in [0.2, 0.25) is 0 Å². The molecule has 1 aromatic rings. The summed E-state index contributed by atoms with van der Waals surface area (Å²) < 4.78 is 16.1. The predicted octanol–water partition coefficient (Wildman–Crippen LogP) is 3.44. The topological polar surface area (TPSA) is 73.9 Å². The number of hydrogen-bond acceptors (Lipinski definition) is 5. The molecule has 1 atom stereocenters. The van der Waals surface area contributed by atoms with Crippen molar-refractivity contribution in [3.63, 3.8) is 0 Å². The Morgan fingerprint density at radius 3 is 2.12 bits per heavy atom. The molecule has 0 bridgehead atoms. The van der Waals surface area contributed by atoms with E-state index < -0.39 is 29.3 Å². The summed E-state index contributed by atoms with van der Waals surface area (Å²) in [6.07, 6.45) is -0.697. The molecule has 1 aromatic carbocycles. The van der Waals surface area contributed by atoms with Gasteiger partial charge < -0.3 is 19.5 Å². The Bertz CT molecular complexity index is 557. The van der Waals surface area contributed by atoms with Crippen molar-refractivity contribution >= 4 is 12.1 Å². The summed E-state index contributed by atoms with van der Waals surface area (Å²) in [5.41, 5.74) is -0.250. The lowest BCUT2D eigenvalue weighted by atomic mass is 10.1. The Kier molecular flexibility index (Phi) is 7.42. The number of benzene rings is 1. The zero-order valence-electron chi connectivity index (χ0n) is 15.9. The molecule has 0 fully saturated rings. The number of nitrogens with one attached hydrogen (secondary N) is 1. The Morgan fingerprint density at radius 2 is 1.60 bits per heavy atom. The van der Waals surface area contributed by atoms with Gasteiger partial charge in [-0.25, -0.2) is 9.59 Å². The highest BCUT2D eigenvalue weighted by molar-refractivity contribution is 5.81. The Balaban J connectivity index is 2.64. The average molecular weight is 351 g/mol. The third-order valence-corrected chi connectivity index (χ3v) is 2.88. The van der Waals surface area contributed by atoms with Gasteiger partial charge in [-0.15, -0.1) is 0 Å². The van der Waals surface area contributed by atoms with Crippen LogP contribution in [-0.2, 0) is 25.6 Å². The number of alkyl carbamates (subject to hydrolysis) is 1. The van der Waals surface area contributed by atoms with Crippen LogP contribution in [0.5, 0.6) is 0 Å². The molecule has 0 aromatic heterocycles. The van der Waals surface area contributed by atoms with E-state index in [1.54, 1.807) is 20.8 Å². The zero-order valence-corrected chi connectivity index (χ0v) is 15.9. The highest BCUT2D eigenvalue weighted by Crippen LogP contribution is 2.12. The molecule has 0 radical (unpaired) electrons. The molecule has 1 N–H and O–H groups in total. The molecule has 0 saturated carbocycles. The van der Waals surface area contributed by atoms with Crippen LogP contribution in [0.4, 0.5) is 4.79 Å². The molecule has 1 amide bonds. The van der Waals surface area contributed by atoms with Gasteiger partial charge in [0.15, 0.2) is 6.04 Å². The van der Waals surface area contributed by atoms with E-state index >= 15 is 0 Å². The second-order valence-corrected chi connectivity index (χ2v) is 7.72. The normalized spacial score (nSPS) is 13.0. The van der Waals surface area contributed by atoms with Crippen molar-refractivity contribution in [2.45, 2.75) is 65.4 Å².